The molecule has 1 amide bonds. The minimum atomic E-state index is -3.96. The van der Waals surface area contributed by atoms with Crippen molar-refractivity contribution in [3.63, 3.8) is 0 Å². The third kappa shape index (κ3) is 5.44. The predicted octanol–water partition coefficient (Wildman–Crippen LogP) is 3.50. The van der Waals surface area contributed by atoms with Crippen LogP contribution in [-0.2, 0) is 30.7 Å². The number of carbonyl (C=O) groups excluding carboxylic acids is 1. The zero-order chi connectivity index (χ0) is 25.4. The van der Waals surface area contributed by atoms with Gasteiger partial charge < -0.3 is 14.6 Å². The second kappa shape index (κ2) is 9.86. The van der Waals surface area contributed by atoms with Gasteiger partial charge in [-0.2, -0.15) is 4.31 Å². The maximum absolute atomic E-state index is 13.7. The molecule has 2 aromatic carbocycles. The molecule has 4 rings (SSSR count). The first-order valence-corrected chi connectivity index (χ1v) is 13.7. The molecule has 1 unspecified atom stereocenters. The van der Waals surface area contributed by atoms with Crippen LogP contribution in [0.25, 0.3) is 0 Å². The van der Waals surface area contributed by atoms with E-state index < -0.39 is 34.4 Å². The molecule has 0 aromatic heterocycles. The molecule has 7 nitrogen and oxygen atoms in total. The minimum absolute atomic E-state index is 0.0622. The Hall–Kier alpha value is -1.91. The molecule has 2 aliphatic heterocycles. The average Bonchev–Trinajstić information content (AvgIpc) is 2.91. The topological polar surface area (TPSA) is 84.9 Å². The molecule has 0 saturated carbocycles. The summed E-state index contributed by atoms with van der Waals surface area (Å²) in [6, 6.07) is 12.7. The highest BCUT2D eigenvalue weighted by molar-refractivity contribution is 7.89. The van der Waals surface area contributed by atoms with E-state index in [0.717, 1.165) is 23.9 Å². The fourth-order valence-electron chi connectivity index (χ4n) is 4.24. The first-order valence-electron chi connectivity index (χ1n) is 11.9. The van der Waals surface area contributed by atoms with Crippen molar-refractivity contribution in [2.75, 3.05) is 6.54 Å². The Labute approximate surface area is 213 Å². The Bertz CT molecular complexity index is 1150. The molecule has 188 valence electrons. The second-order valence-corrected chi connectivity index (χ2v) is 12.5. The smallest absolute Gasteiger partial charge is 0.399 e. The molecule has 2 aromatic rings. The largest absolute Gasteiger partial charge is 0.494 e. The fourth-order valence-corrected chi connectivity index (χ4v) is 5.97. The highest BCUT2D eigenvalue weighted by Crippen LogP contribution is 2.36. The van der Waals surface area contributed by atoms with Gasteiger partial charge in [0.1, 0.15) is 6.04 Å². The van der Waals surface area contributed by atoms with Gasteiger partial charge in [-0.3, -0.25) is 4.79 Å². The van der Waals surface area contributed by atoms with E-state index in [1.165, 1.54) is 16.4 Å². The van der Waals surface area contributed by atoms with Crippen molar-refractivity contribution in [3.05, 3.63) is 59.1 Å². The van der Waals surface area contributed by atoms with Crippen molar-refractivity contribution in [2.24, 2.45) is 0 Å². The number of nitrogens with one attached hydrogen (secondary N) is 1. The average molecular weight is 519 g/mol. The van der Waals surface area contributed by atoms with E-state index in [2.05, 4.69) is 5.32 Å². The van der Waals surface area contributed by atoms with Gasteiger partial charge >= 0.3 is 7.12 Å². The fraction of sp³-hybridized carbons (Fsp3) is 0.480. The van der Waals surface area contributed by atoms with Crippen LogP contribution in [0.1, 0.15) is 52.5 Å². The first kappa shape index (κ1) is 26.2. The predicted molar refractivity (Wildman–Crippen MR) is 137 cm³/mol. The summed E-state index contributed by atoms with van der Waals surface area (Å²) in [6.07, 6.45) is 2.04. The Morgan fingerprint density at radius 1 is 1.00 bits per heavy atom. The van der Waals surface area contributed by atoms with Crippen LogP contribution >= 0.6 is 11.6 Å². The second-order valence-electron chi connectivity index (χ2n) is 10.1. The van der Waals surface area contributed by atoms with Crippen LogP contribution in [-0.4, -0.2) is 49.5 Å². The number of amides is 1. The lowest BCUT2D eigenvalue weighted by molar-refractivity contribution is -0.124. The molecule has 10 heteroatoms. The van der Waals surface area contributed by atoms with Crippen molar-refractivity contribution in [2.45, 2.75) is 75.6 Å². The highest BCUT2D eigenvalue weighted by atomic mass is 35.5. The van der Waals surface area contributed by atoms with Gasteiger partial charge in [0.05, 0.1) is 16.1 Å². The molecule has 35 heavy (non-hydrogen) atoms. The normalized spacial score (nSPS) is 22.2. The standard InChI is InChI=1S/C25H32BClN2O5S/c1-24(2)25(3,4)34-26(33-24)19-10-8-18(9-11-19)17-29(22-7-5-6-16-28-23(22)30)35(31,32)21-14-12-20(27)13-15-21/h8-15,22H,5-7,16-17H2,1-4H3,(H,28,30). The maximum atomic E-state index is 13.7. The summed E-state index contributed by atoms with van der Waals surface area (Å²) in [7, 11) is -4.46. The lowest BCUT2D eigenvalue weighted by atomic mass is 9.79. The number of nitrogens with zero attached hydrogens (tertiary/aromatic N) is 1. The van der Waals surface area contributed by atoms with E-state index in [1.807, 2.05) is 52.0 Å². The summed E-state index contributed by atoms with van der Waals surface area (Å²) in [5, 5.41) is 3.30. The van der Waals surface area contributed by atoms with Crippen molar-refractivity contribution >= 4 is 40.1 Å². The molecule has 1 N–H and O–H groups in total. The van der Waals surface area contributed by atoms with Crippen LogP contribution in [0, 0.1) is 0 Å². The van der Waals surface area contributed by atoms with E-state index >= 15 is 0 Å². The Morgan fingerprint density at radius 3 is 2.20 bits per heavy atom. The van der Waals surface area contributed by atoms with Crippen LogP contribution in [0.4, 0.5) is 0 Å². The zero-order valence-electron chi connectivity index (χ0n) is 20.6. The van der Waals surface area contributed by atoms with E-state index in [0.29, 0.717) is 18.0 Å². The van der Waals surface area contributed by atoms with Gasteiger partial charge in [0, 0.05) is 18.1 Å². The summed E-state index contributed by atoms with van der Waals surface area (Å²) >= 11 is 5.98. The summed E-state index contributed by atoms with van der Waals surface area (Å²) in [4.78, 5) is 13.0. The summed E-state index contributed by atoms with van der Waals surface area (Å²) in [5.41, 5.74) is 0.714. The van der Waals surface area contributed by atoms with E-state index in [9.17, 15) is 13.2 Å². The first-order chi connectivity index (χ1) is 16.4. The van der Waals surface area contributed by atoms with Gasteiger partial charge in [0.25, 0.3) is 0 Å². The molecular weight excluding hydrogens is 487 g/mol. The van der Waals surface area contributed by atoms with Gasteiger partial charge in [0.2, 0.25) is 15.9 Å². The third-order valence-electron chi connectivity index (χ3n) is 7.12. The van der Waals surface area contributed by atoms with E-state index in [1.54, 1.807) is 12.1 Å². The van der Waals surface area contributed by atoms with E-state index in [4.69, 9.17) is 20.9 Å². The number of halogens is 1. The Morgan fingerprint density at radius 2 is 1.60 bits per heavy atom. The van der Waals surface area contributed by atoms with Crippen LogP contribution < -0.4 is 10.8 Å². The van der Waals surface area contributed by atoms with Crippen LogP contribution in [0.3, 0.4) is 0 Å². The van der Waals surface area contributed by atoms with Gasteiger partial charge in [0.15, 0.2) is 0 Å². The molecule has 2 saturated heterocycles. The van der Waals surface area contributed by atoms with Crippen molar-refractivity contribution in [1.82, 2.24) is 9.62 Å². The lowest BCUT2D eigenvalue weighted by Crippen LogP contribution is -2.48. The lowest BCUT2D eigenvalue weighted by Gasteiger charge is -2.32. The van der Waals surface area contributed by atoms with Crippen LogP contribution in [0.15, 0.2) is 53.4 Å². The quantitative estimate of drug-likeness (QED) is 0.592. The molecule has 2 aliphatic rings. The number of hydrogen-bond acceptors (Lipinski definition) is 5. The number of rotatable bonds is 6. The SMILES string of the molecule is CC1(C)OB(c2ccc(CN(C3CCCCNC3=O)S(=O)(=O)c3ccc(Cl)cc3)cc2)OC1(C)C. The summed E-state index contributed by atoms with van der Waals surface area (Å²) in [6.45, 7) is 8.61. The number of hydrogen-bond donors (Lipinski definition) is 1. The van der Waals surface area contributed by atoms with Crippen molar-refractivity contribution in [1.29, 1.82) is 0 Å². The number of carbonyl (C=O) groups is 1. The minimum Gasteiger partial charge on any atom is -0.399 e. The molecule has 0 bridgehead atoms. The van der Waals surface area contributed by atoms with Crippen LogP contribution in [0.5, 0.6) is 0 Å². The third-order valence-corrected chi connectivity index (χ3v) is 9.24. The maximum Gasteiger partial charge on any atom is 0.494 e. The number of benzene rings is 2. The molecule has 0 radical (unpaired) electrons. The van der Waals surface area contributed by atoms with Crippen molar-refractivity contribution in [3.8, 4) is 0 Å². The van der Waals surface area contributed by atoms with Gasteiger partial charge in [-0.25, -0.2) is 8.42 Å². The van der Waals surface area contributed by atoms with Crippen molar-refractivity contribution < 1.29 is 22.5 Å². The van der Waals surface area contributed by atoms with Gasteiger partial charge in [-0.05, 0) is 82.2 Å². The molecule has 2 fully saturated rings. The molecule has 2 heterocycles. The van der Waals surface area contributed by atoms with Gasteiger partial charge in [-0.1, -0.05) is 35.9 Å². The van der Waals surface area contributed by atoms with Crippen LogP contribution in [0.2, 0.25) is 5.02 Å². The van der Waals surface area contributed by atoms with Gasteiger partial charge in [-0.15, -0.1) is 0 Å². The molecule has 1 atom stereocenters. The molecule has 0 aliphatic carbocycles. The Balaban J connectivity index is 1.62. The highest BCUT2D eigenvalue weighted by Gasteiger charge is 2.51. The number of sulfonamides is 1. The molecular formula is C25H32BClN2O5S. The summed E-state index contributed by atoms with van der Waals surface area (Å²) in [5.74, 6) is -0.270. The Kier molecular flexibility index (Phi) is 7.37. The monoisotopic (exact) mass is 518 g/mol. The van der Waals surface area contributed by atoms with E-state index in [-0.39, 0.29) is 17.3 Å². The molecule has 0 spiro atoms. The zero-order valence-corrected chi connectivity index (χ0v) is 22.2. The summed E-state index contributed by atoms with van der Waals surface area (Å²) < 4.78 is 40.9.